The smallest absolute Gasteiger partial charge is 0.270 e. The first-order chi connectivity index (χ1) is 11.5. The number of fused-ring (bicyclic) bond motifs is 1. The monoisotopic (exact) mass is 344 g/mol. The van der Waals surface area contributed by atoms with Crippen molar-refractivity contribution < 1.29 is 12.6 Å². The lowest BCUT2D eigenvalue weighted by Crippen LogP contribution is -2.01. The SMILES string of the molecule is CC.COS(=O)(=O)c1ccccc1.Cc1ccc2ccccc2c1. The average Bonchev–Trinajstić information content (AvgIpc) is 2.64. The van der Waals surface area contributed by atoms with Gasteiger partial charge in [0.05, 0.1) is 12.0 Å². The molecule has 0 N–H and O–H groups in total. The second-order valence-electron chi connectivity index (χ2n) is 4.78. The molecule has 0 aliphatic heterocycles. The first-order valence-electron chi connectivity index (χ1n) is 7.84. The Balaban J connectivity index is 0.000000218. The minimum atomic E-state index is -3.50. The van der Waals surface area contributed by atoms with Gasteiger partial charge in [-0.3, -0.25) is 4.18 Å². The Labute approximate surface area is 145 Å². The molecule has 128 valence electrons. The van der Waals surface area contributed by atoms with Crippen LogP contribution in [0.1, 0.15) is 19.4 Å². The van der Waals surface area contributed by atoms with Gasteiger partial charge in [-0.05, 0) is 29.8 Å². The molecule has 0 bridgehead atoms. The fraction of sp³-hybridized carbons (Fsp3) is 0.200. The van der Waals surface area contributed by atoms with E-state index < -0.39 is 10.1 Å². The molecule has 3 aromatic rings. The molecule has 3 rings (SSSR count). The van der Waals surface area contributed by atoms with Gasteiger partial charge in [0.2, 0.25) is 0 Å². The van der Waals surface area contributed by atoms with Crippen LogP contribution in [0.5, 0.6) is 0 Å². The van der Waals surface area contributed by atoms with Crippen LogP contribution in [-0.4, -0.2) is 15.5 Å². The Hall–Kier alpha value is -2.17. The average molecular weight is 344 g/mol. The molecule has 3 nitrogen and oxygen atoms in total. The van der Waals surface area contributed by atoms with E-state index in [1.165, 1.54) is 28.5 Å². The molecule has 0 fully saturated rings. The molecule has 4 heteroatoms. The van der Waals surface area contributed by atoms with Gasteiger partial charge in [0.15, 0.2) is 0 Å². The Kier molecular flexibility index (Phi) is 8.16. The van der Waals surface area contributed by atoms with E-state index in [4.69, 9.17) is 0 Å². The summed E-state index contributed by atoms with van der Waals surface area (Å²) in [5.41, 5.74) is 1.32. The normalized spacial score (nSPS) is 10.2. The predicted octanol–water partition coefficient (Wildman–Crippen LogP) is 5.20. The van der Waals surface area contributed by atoms with Gasteiger partial charge < -0.3 is 0 Å². The van der Waals surface area contributed by atoms with Gasteiger partial charge in [0.1, 0.15) is 0 Å². The summed E-state index contributed by atoms with van der Waals surface area (Å²) < 4.78 is 26.3. The fourth-order valence-electron chi connectivity index (χ4n) is 1.99. The van der Waals surface area contributed by atoms with E-state index in [1.807, 2.05) is 13.8 Å². The number of aryl methyl sites for hydroxylation is 1. The van der Waals surface area contributed by atoms with Gasteiger partial charge in [-0.1, -0.05) is 80.1 Å². The first kappa shape index (κ1) is 19.9. The maximum atomic E-state index is 11.0. The number of rotatable bonds is 2. The lowest BCUT2D eigenvalue weighted by molar-refractivity contribution is 0.398. The van der Waals surface area contributed by atoms with Crippen molar-refractivity contribution in [1.82, 2.24) is 0 Å². The first-order valence-corrected chi connectivity index (χ1v) is 9.25. The minimum absolute atomic E-state index is 0.183. The van der Waals surface area contributed by atoms with Gasteiger partial charge in [0, 0.05) is 0 Å². The zero-order chi connectivity index (χ0) is 18.0. The topological polar surface area (TPSA) is 43.4 Å². The molecule has 0 radical (unpaired) electrons. The van der Waals surface area contributed by atoms with Crippen LogP contribution in [-0.2, 0) is 14.3 Å². The van der Waals surface area contributed by atoms with E-state index in [2.05, 4.69) is 53.6 Å². The zero-order valence-electron chi connectivity index (χ0n) is 14.6. The number of hydrogen-bond donors (Lipinski definition) is 0. The minimum Gasteiger partial charge on any atom is -0.270 e. The van der Waals surface area contributed by atoms with Crippen molar-refractivity contribution in [3.63, 3.8) is 0 Å². The van der Waals surface area contributed by atoms with E-state index in [-0.39, 0.29) is 4.90 Å². The van der Waals surface area contributed by atoms with Crippen molar-refractivity contribution in [1.29, 1.82) is 0 Å². The zero-order valence-corrected chi connectivity index (χ0v) is 15.4. The van der Waals surface area contributed by atoms with Crippen molar-refractivity contribution in [3.05, 3.63) is 78.4 Å². The lowest BCUT2D eigenvalue weighted by Gasteiger charge is -1.98. The maximum absolute atomic E-state index is 11.0. The molecule has 0 saturated heterocycles. The Morgan fingerprint density at radius 2 is 1.29 bits per heavy atom. The second-order valence-corrected chi connectivity index (χ2v) is 6.50. The summed E-state index contributed by atoms with van der Waals surface area (Å²) in [6, 6.07) is 22.9. The fourth-order valence-corrected chi connectivity index (χ4v) is 2.68. The molecule has 0 spiro atoms. The molecule has 0 amide bonds. The second kappa shape index (κ2) is 9.85. The van der Waals surface area contributed by atoms with Crippen LogP contribution < -0.4 is 0 Å². The van der Waals surface area contributed by atoms with E-state index in [0.29, 0.717) is 0 Å². The summed E-state index contributed by atoms with van der Waals surface area (Å²) >= 11 is 0. The predicted molar refractivity (Wildman–Crippen MR) is 101 cm³/mol. The van der Waals surface area contributed by atoms with Crippen molar-refractivity contribution >= 4 is 20.9 Å². The van der Waals surface area contributed by atoms with Crippen LogP contribution >= 0.6 is 0 Å². The third-order valence-corrected chi connectivity index (χ3v) is 4.44. The molecule has 3 aromatic carbocycles. The molecule has 0 aromatic heterocycles. The quantitative estimate of drug-likeness (QED) is 0.600. The Morgan fingerprint density at radius 1 is 0.750 bits per heavy atom. The summed E-state index contributed by atoms with van der Waals surface area (Å²) in [7, 11) is -2.36. The lowest BCUT2D eigenvalue weighted by atomic mass is 10.1. The van der Waals surface area contributed by atoms with E-state index >= 15 is 0 Å². The van der Waals surface area contributed by atoms with Crippen molar-refractivity contribution in [2.45, 2.75) is 25.7 Å². The molecular weight excluding hydrogens is 320 g/mol. The molecule has 0 unspecified atom stereocenters. The Bertz CT molecular complexity index is 841. The highest BCUT2D eigenvalue weighted by atomic mass is 32.2. The summed E-state index contributed by atoms with van der Waals surface area (Å²) in [6.45, 7) is 6.12. The van der Waals surface area contributed by atoms with E-state index in [1.54, 1.807) is 18.2 Å². The molecular formula is C20H24O3S. The summed E-state index contributed by atoms with van der Waals surface area (Å²) in [6.07, 6.45) is 0. The Morgan fingerprint density at radius 3 is 1.88 bits per heavy atom. The van der Waals surface area contributed by atoms with Crippen LogP contribution in [0, 0.1) is 6.92 Å². The number of hydrogen-bond acceptors (Lipinski definition) is 3. The highest BCUT2D eigenvalue weighted by molar-refractivity contribution is 7.86. The third-order valence-electron chi connectivity index (χ3n) is 3.16. The van der Waals surface area contributed by atoms with Crippen molar-refractivity contribution in [2.24, 2.45) is 0 Å². The van der Waals surface area contributed by atoms with E-state index in [0.717, 1.165) is 7.11 Å². The van der Waals surface area contributed by atoms with Crippen molar-refractivity contribution in [3.8, 4) is 0 Å². The van der Waals surface area contributed by atoms with Crippen LogP contribution in [0.25, 0.3) is 10.8 Å². The van der Waals surface area contributed by atoms with Crippen LogP contribution in [0.3, 0.4) is 0 Å². The van der Waals surface area contributed by atoms with Crippen LogP contribution in [0.4, 0.5) is 0 Å². The van der Waals surface area contributed by atoms with Gasteiger partial charge in [-0.15, -0.1) is 0 Å². The molecule has 0 aliphatic rings. The summed E-state index contributed by atoms with van der Waals surface area (Å²) in [5, 5.41) is 2.64. The maximum Gasteiger partial charge on any atom is 0.296 e. The summed E-state index contributed by atoms with van der Waals surface area (Å²) in [4.78, 5) is 0.183. The highest BCUT2D eigenvalue weighted by Crippen LogP contribution is 2.14. The molecule has 0 saturated carbocycles. The van der Waals surface area contributed by atoms with E-state index in [9.17, 15) is 8.42 Å². The molecule has 0 heterocycles. The van der Waals surface area contributed by atoms with Crippen molar-refractivity contribution in [2.75, 3.05) is 7.11 Å². The van der Waals surface area contributed by atoms with Gasteiger partial charge in [-0.2, -0.15) is 8.42 Å². The largest absolute Gasteiger partial charge is 0.296 e. The number of benzene rings is 3. The van der Waals surface area contributed by atoms with Crippen LogP contribution in [0.2, 0.25) is 0 Å². The molecule has 0 atom stereocenters. The van der Waals surface area contributed by atoms with Gasteiger partial charge >= 0.3 is 0 Å². The van der Waals surface area contributed by atoms with Crippen LogP contribution in [0.15, 0.2) is 77.7 Å². The third kappa shape index (κ3) is 5.80. The summed E-state index contributed by atoms with van der Waals surface area (Å²) in [5.74, 6) is 0. The molecule has 24 heavy (non-hydrogen) atoms. The van der Waals surface area contributed by atoms with Gasteiger partial charge in [-0.25, -0.2) is 0 Å². The van der Waals surface area contributed by atoms with Gasteiger partial charge in [0.25, 0.3) is 10.1 Å². The molecule has 0 aliphatic carbocycles. The standard InChI is InChI=1S/C11H10.C7H8O3S.C2H6/c1-9-6-7-10-4-2-3-5-11(10)8-9;1-10-11(8,9)7-5-3-2-4-6-7;1-2/h2-8H,1H3;2-6H,1H3;1-2H3. The highest BCUT2D eigenvalue weighted by Gasteiger charge is 2.10.